The minimum absolute atomic E-state index is 0.346. The molecule has 4 nitrogen and oxygen atoms in total. The Morgan fingerprint density at radius 1 is 1.42 bits per heavy atom. The van der Waals surface area contributed by atoms with Gasteiger partial charge in [0.15, 0.2) is 0 Å². The molecule has 2 rings (SSSR count). The predicted molar refractivity (Wildman–Crippen MR) is 48.8 cm³/mol. The first-order chi connectivity index (χ1) is 5.75. The van der Waals surface area contributed by atoms with Gasteiger partial charge in [-0.25, -0.2) is 0 Å². The van der Waals surface area contributed by atoms with Crippen molar-refractivity contribution in [3.8, 4) is 0 Å². The first-order valence-corrected chi connectivity index (χ1v) is 4.70. The van der Waals surface area contributed by atoms with Gasteiger partial charge in [0.1, 0.15) is 0 Å². The Balaban J connectivity index is 1.65. The Labute approximate surface area is 73.3 Å². The number of hydrogen-bond acceptors (Lipinski definition) is 4. The molecule has 0 aliphatic carbocycles. The second kappa shape index (κ2) is 3.30. The van der Waals surface area contributed by atoms with E-state index in [1.807, 2.05) is 0 Å². The van der Waals surface area contributed by atoms with Crippen LogP contribution >= 0.6 is 0 Å². The molecule has 0 radical (unpaired) electrons. The Bertz CT molecular complexity index is 151. The van der Waals surface area contributed by atoms with Crippen LogP contribution in [0.2, 0.25) is 0 Å². The summed E-state index contributed by atoms with van der Waals surface area (Å²) in [6.45, 7) is 5.30. The smallest absolute Gasteiger partial charge is 0.0297 e. The highest BCUT2D eigenvalue weighted by Crippen LogP contribution is 2.12. The van der Waals surface area contributed by atoms with Gasteiger partial charge < -0.3 is 16.8 Å². The van der Waals surface area contributed by atoms with Gasteiger partial charge in [-0.15, -0.1) is 0 Å². The third-order valence-electron chi connectivity index (χ3n) is 2.87. The summed E-state index contributed by atoms with van der Waals surface area (Å²) in [5, 5.41) is 3.24. The van der Waals surface area contributed by atoms with Crippen LogP contribution < -0.4 is 16.8 Å². The quantitative estimate of drug-likeness (QED) is 0.466. The number of nitrogens with one attached hydrogen (secondary N) is 1. The largest absolute Gasteiger partial charge is 0.326 e. The zero-order valence-corrected chi connectivity index (χ0v) is 7.37. The molecule has 70 valence electrons. The molecule has 1 unspecified atom stereocenters. The van der Waals surface area contributed by atoms with Gasteiger partial charge in [0.2, 0.25) is 0 Å². The van der Waals surface area contributed by atoms with E-state index >= 15 is 0 Å². The molecule has 0 saturated carbocycles. The zero-order chi connectivity index (χ0) is 8.55. The molecule has 12 heavy (non-hydrogen) atoms. The van der Waals surface area contributed by atoms with Crippen molar-refractivity contribution >= 4 is 0 Å². The molecule has 0 bridgehead atoms. The van der Waals surface area contributed by atoms with Crippen LogP contribution in [0, 0.1) is 5.92 Å². The molecular formula is C8H18N4. The fourth-order valence-electron chi connectivity index (χ4n) is 1.82. The number of rotatable bonds is 3. The maximum Gasteiger partial charge on any atom is 0.0297 e. The fraction of sp³-hybridized carbons (Fsp3) is 1.00. The van der Waals surface area contributed by atoms with Crippen molar-refractivity contribution in [2.75, 3.05) is 32.7 Å². The van der Waals surface area contributed by atoms with Crippen LogP contribution in [0.3, 0.4) is 0 Å². The third-order valence-corrected chi connectivity index (χ3v) is 2.87. The van der Waals surface area contributed by atoms with Crippen LogP contribution in [-0.4, -0.2) is 49.7 Å². The van der Waals surface area contributed by atoms with Crippen molar-refractivity contribution in [2.45, 2.75) is 12.1 Å². The van der Waals surface area contributed by atoms with E-state index in [0.717, 1.165) is 32.7 Å². The fourth-order valence-corrected chi connectivity index (χ4v) is 1.82. The Morgan fingerprint density at radius 2 is 2.08 bits per heavy atom. The van der Waals surface area contributed by atoms with E-state index in [0.29, 0.717) is 18.0 Å². The number of nitrogens with two attached hydrogens (primary N) is 2. The van der Waals surface area contributed by atoms with Crippen LogP contribution in [0.1, 0.15) is 0 Å². The lowest BCUT2D eigenvalue weighted by Gasteiger charge is -2.41. The van der Waals surface area contributed by atoms with Gasteiger partial charge in [-0.1, -0.05) is 0 Å². The highest BCUT2D eigenvalue weighted by Gasteiger charge is 2.29. The standard InChI is InChI=1S/C8H18N4/c9-7-3-12(4-7)5-8(10)6-1-11-2-6/h6-8,11H,1-5,9-10H2. The maximum atomic E-state index is 6.01. The van der Waals surface area contributed by atoms with Crippen molar-refractivity contribution in [2.24, 2.45) is 17.4 Å². The Morgan fingerprint density at radius 3 is 2.50 bits per heavy atom. The predicted octanol–water partition coefficient (Wildman–Crippen LogP) is -1.82. The number of hydrogen-bond donors (Lipinski definition) is 3. The minimum Gasteiger partial charge on any atom is -0.326 e. The molecular weight excluding hydrogens is 152 g/mol. The molecule has 1 atom stereocenters. The van der Waals surface area contributed by atoms with Crippen LogP contribution in [0.15, 0.2) is 0 Å². The van der Waals surface area contributed by atoms with Gasteiger partial charge in [0.25, 0.3) is 0 Å². The molecule has 2 fully saturated rings. The Hall–Kier alpha value is -0.160. The zero-order valence-electron chi connectivity index (χ0n) is 7.37. The van der Waals surface area contributed by atoms with Gasteiger partial charge in [-0.2, -0.15) is 0 Å². The van der Waals surface area contributed by atoms with E-state index in [2.05, 4.69) is 10.2 Å². The highest BCUT2D eigenvalue weighted by molar-refractivity contribution is 4.90. The third kappa shape index (κ3) is 1.61. The molecule has 0 amide bonds. The molecule has 0 spiro atoms. The molecule has 0 aromatic heterocycles. The van der Waals surface area contributed by atoms with Crippen molar-refractivity contribution < 1.29 is 0 Å². The summed E-state index contributed by atoms with van der Waals surface area (Å²) in [5.74, 6) is 0.696. The lowest BCUT2D eigenvalue weighted by molar-refractivity contribution is 0.120. The van der Waals surface area contributed by atoms with Crippen molar-refractivity contribution in [3.63, 3.8) is 0 Å². The molecule has 2 aliphatic rings. The normalized spacial score (nSPS) is 29.5. The van der Waals surface area contributed by atoms with Gasteiger partial charge in [0.05, 0.1) is 0 Å². The van der Waals surface area contributed by atoms with E-state index < -0.39 is 0 Å². The second-order valence-corrected chi connectivity index (χ2v) is 4.06. The minimum atomic E-state index is 0.346. The average molecular weight is 170 g/mol. The van der Waals surface area contributed by atoms with Crippen molar-refractivity contribution in [3.05, 3.63) is 0 Å². The average Bonchev–Trinajstić information content (AvgIpc) is 1.79. The number of likely N-dealkylation sites (tertiary alicyclic amines) is 1. The SMILES string of the molecule is NC1CN(CC(N)C2CNC2)C1. The lowest BCUT2D eigenvalue weighted by Crippen LogP contribution is -2.62. The van der Waals surface area contributed by atoms with Crippen molar-refractivity contribution in [1.82, 2.24) is 10.2 Å². The molecule has 4 heteroatoms. The van der Waals surface area contributed by atoms with Gasteiger partial charge in [0, 0.05) is 50.7 Å². The summed E-state index contributed by atoms with van der Waals surface area (Å²) < 4.78 is 0. The van der Waals surface area contributed by atoms with Gasteiger partial charge >= 0.3 is 0 Å². The summed E-state index contributed by atoms with van der Waals surface area (Å²) >= 11 is 0. The van der Waals surface area contributed by atoms with Crippen LogP contribution in [0.5, 0.6) is 0 Å². The summed E-state index contributed by atoms with van der Waals surface area (Å²) in [4.78, 5) is 2.34. The van der Waals surface area contributed by atoms with Crippen LogP contribution in [0.4, 0.5) is 0 Å². The maximum absolute atomic E-state index is 6.01. The first kappa shape index (κ1) is 8.44. The van der Waals surface area contributed by atoms with Crippen LogP contribution in [-0.2, 0) is 0 Å². The highest BCUT2D eigenvalue weighted by atomic mass is 15.2. The molecule has 2 heterocycles. The monoisotopic (exact) mass is 170 g/mol. The Kier molecular flexibility index (Phi) is 2.32. The summed E-state index contributed by atoms with van der Waals surface area (Å²) in [6.07, 6.45) is 0. The van der Waals surface area contributed by atoms with E-state index in [1.165, 1.54) is 0 Å². The van der Waals surface area contributed by atoms with E-state index in [9.17, 15) is 0 Å². The summed E-state index contributed by atoms with van der Waals surface area (Å²) in [6, 6.07) is 0.746. The second-order valence-electron chi connectivity index (χ2n) is 4.06. The van der Waals surface area contributed by atoms with Crippen molar-refractivity contribution in [1.29, 1.82) is 0 Å². The van der Waals surface area contributed by atoms with E-state index in [-0.39, 0.29) is 0 Å². The van der Waals surface area contributed by atoms with Gasteiger partial charge in [-0.3, -0.25) is 4.90 Å². The lowest BCUT2D eigenvalue weighted by atomic mass is 9.93. The molecule has 0 aromatic carbocycles. The summed E-state index contributed by atoms with van der Waals surface area (Å²) in [7, 11) is 0. The number of nitrogens with zero attached hydrogens (tertiary/aromatic N) is 1. The first-order valence-electron chi connectivity index (χ1n) is 4.70. The van der Waals surface area contributed by atoms with E-state index in [1.54, 1.807) is 0 Å². The van der Waals surface area contributed by atoms with Gasteiger partial charge in [-0.05, 0) is 0 Å². The van der Waals surface area contributed by atoms with Crippen LogP contribution in [0.25, 0.3) is 0 Å². The summed E-state index contributed by atoms with van der Waals surface area (Å²) in [5.41, 5.74) is 11.7. The topological polar surface area (TPSA) is 67.3 Å². The molecule has 5 N–H and O–H groups in total. The molecule has 2 aliphatic heterocycles. The molecule has 0 aromatic rings. The van der Waals surface area contributed by atoms with E-state index in [4.69, 9.17) is 11.5 Å². The molecule has 2 saturated heterocycles.